The van der Waals surface area contributed by atoms with Crippen molar-refractivity contribution in [2.24, 2.45) is 0 Å². The van der Waals surface area contributed by atoms with Gasteiger partial charge < -0.3 is 4.98 Å². The molecule has 2 rings (SSSR count). The third-order valence-corrected chi connectivity index (χ3v) is 2.97. The lowest BCUT2D eigenvalue weighted by atomic mass is 10.1. The van der Waals surface area contributed by atoms with Crippen molar-refractivity contribution < 1.29 is 0 Å². The number of benzene rings is 1. The van der Waals surface area contributed by atoms with E-state index in [9.17, 15) is 4.79 Å². The van der Waals surface area contributed by atoms with Crippen molar-refractivity contribution in [2.75, 3.05) is 0 Å². The van der Waals surface area contributed by atoms with Gasteiger partial charge in [0.15, 0.2) is 0 Å². The predicted molar refractivity (Wildman–Crippen MR) is 60.1 cm³/mol. The largest absolute Gasteiger partial charge is 0.312 e. The molecule has 0 aliphatic rings. The van der Waals surface area contributed by atoms with E-state index in [1.165, 1.54) is 11.3 Å². The highest BCUT2D eigenvalue weighted by atomic mass is 35.5. The molecule has 0 aliphatic carbocycles. The summed E-state index contributed by atoms with van der Waals surface area (Å²) < 4.78 is 0. The third kappa shape index (κ3) is 1.74. The van der Waals surface area contributed by atoms with Crippen LogP contribution in [-0.2, 0) is 0 Å². The lowest BCUT2D eigenvalue weighted by Crippen LogP contribution is -1.92. The number of aromatic amines is 1. The molecule has 0 saturated carbocycles. The Morgan fingerprint density at radius 2 is 2.21 bits per heavy atom. The van der Waals surface area contributed by atoms with Crippen molar-refractivity contribution in [3.63, 3.8) is 0 Å². The van der Waals surface area contributed by atoms with Gasteiger partial charge in [-0.3, -0.25) is 4.79 Å². The maximum Gasteiger partial charge on any atom is 0.305 e. The highest BCUT2D eigenvalue weighted by molar-refractivity contribution is 7.09. The summed E-state index contributed by atoms with van der Waals surface area (Å²) in [5.74, 6) is 0. The Labute approximate surface area is 90.2 Å². The predicted octanol–water partition coefficient (Wildman–Crippen LogP) is 3.07. The number of halogens is 1. The molecule has 0 radical (unpaired) electrons. The zero-order valence-electron chi connectivity index (χ0n) is 7.50. The molecule has 4 heteroatoms. The maximum atomic E-state index is 11.1. The Balaban J connectivity index is 2.59. The van der Waals surface area contributed by atoms with E-state index in [1.54, 1.807) is 0 Å². The third-order valence-electron chi connectivity index (χ3n) is 1.94. The molecular weight excluding hydrogens is 218 g/mol. The fourth-order valence-corrected chi connectivity index (χ4v) is 2.22. The number of rotatable bonds is 1. The quantitative estimate of drug-likeness (QED) is 0.795. The Bertz CT molecular complexity index is 515. The van der Waals surface area contributed by atoms with Gasteiger partial charge in [-0.15, -0.1) is 0 Å². The van der Waals surface area contributed by atoms with Gasteiger partial charge in [-0.2, -0.15) is 0 Å². The van der Waals surface area contributed by atoms with E-state index >= 15 is 0 Å². The molecule has 0 spiro atoms. The van der Waals surface area contributed by atoms with Crippen LogP contribution in [0.5, 0.6) is 0 Å². The second kappa shape index (κ2) is 3.59. The van der Waals surface area contributed by atoms with Crippen molar-refractivity contribution in [3.05, 3.63) is 43.8 Å². The second-order valence-electron chi connectivity index (χ2n) is 2.96. The molecule has 1 aromatic carbocycles. The lowest BCUT2D eigenvalue weighted by molar-refractivity contribution is 1.32. The van der Waals surface area contributed by atoms with Crippen molar-refractivity contribution in [1.29, 1.82) is 0 Å². The molecular formula is C10H8ClNOS. The summed E-state index contributed by atoms with van der Waals surface area (Å²) >= 11 is 7.08. The molecule has 1 N–H and O–H groups in total. The fourth-order valence-electron chi connectivity index (χ4n) is 1.33. The molecule has 0 atom stereocenters. The van der Waals surface area contributed by atoms with Crippen LogP contribution in [0.4, 0.5) is 0 Å². The summed E-state index contributed by atoms with van der Waals surface area (Å²) in [5.41, 5.74) is 1.82. The van der Waals surface area contributed by atoms with Gasteiger partial charge in [0.25, 0.3) is 0 Å². The number of hydrogen-bond acceptors (Lipinski definition) is 2. The minimum absolute atomic E-state index is 0.0301. The van der Waals surface area contributed by atoms with E-state index < -0.39 is 0 Å². The van der Waals surface area contributed by atoms with Crippen molar-refractivity contribution >= 4 is 22.9 Å². The molecule has 0 fully saturated rings. The van der Waals surface area contributed by atoms with Crippen LogP contribution in [-0.4, -0.2) is 4.98 Å². The first-order valence-corrected chi connectivity index (χ1v) is 5.32. The van der Waals surface area contributed by atoms with E-state index in [1.807, 2.05) is 31.2 Å². The first-order valence-electron chi connectivity index (χ1n) is 4.12. The maximum absolute atomic E-state index is 11.1. The molecule has 0 saturated heterocycles. The van der Waals surface area contributed by atoms with Crippen LogP contribution in [0.25, 0.3) is 11.3 Å². The average Bonchev–Trinajstić information content (AvgIpc) is 2.45. The van der Waals surface area contributed by atoms with Gasteiger partial charge in [-0.25, -0.2) is 0 Å². The van der Waals surface area contributed by atoms with E-state index in [-0.39, 0.29) is 4.87 Å². The number of thiazole rings is 1. The van der Waals surface area contributed by atoms with E-state index in [0.29, 0.717) is 5.02 Å². The van der Waals surface area contributed by atoms with Crippen LogP contribution in [0, 0.1) is 6.92 Å². The van der Waals surface area contributed by atoms with Gasteiger partial charge in [0.2, 0.25) is 0 Å². The summed E-state index contributed by atoms with van der Waals surface area (Å²) in [7, 11) is 0. The smallest absolute Gasteiger partial charge is 0.305 e. The number of nitrogens with one attached hydrogen (secondary N) is 1. The molecule has 2 nitrogen and oxygen atoms in total. The average molecular weight is 226 g/mol. The second-order valence-corrected chi connectivity index (χ2v) is 4.58. The van der Waals surface area contributed by atoms with Crippen LogP contribution < -0.4 is 4.87 Å². The van der Waals surface area contributed by atoms with Gasteiger partial charge in [-0.05, 0) is 19.1 Å². The molecule has 2 aromatic rings. The zero-order chi connectivity index (χ0) is 10.1. The Morgan fingerprint density at radius 3 is 2.79 bits per heavy atom. The first-order chi connectivity index (χ1) is 6.66. The highest BCUT2D eigenvalue weighted by Gasteiger charge is 2.05. The van der Waals surface area contributed by atoms with E-state index in [2.05, 4.69) is 4.98 Å². The van der Waals surface area contributed by atoms with Crippen molar-refractivity contribution in [1.82, 2.24) is 4.98 Å². The molecule has 72 valence electrons. The van der Waals surface area contributed by atoms with Gasteiger partial charge in [0.1, 0.15) is 0 Å². The van der Waals surface area contributed by atoms with Crippen molar-refractivity contribution in [3.8, 4) is 11.3 Å². The normalized spacial score (nSPS) is 10.4. The van der Waals surface area contributed by atoms with Crippen LogP contribution in [0.3, 0.4) is 0 Å². The van der Waals surface area contributed by atoms with Gasteiger partial charge >= 0.3 is 4.87 Å². The molecule has 1 heterocycles. The molecule has 1 aromatic heterocycles. The Kier molecular flexibility index (Phi) is 2.44. The minimum Gasteiger partial charge on any atom is -0.312 e. The van der Waals surface area contributed by atoms with Crippen molar-refractivity contribution in [2.45, 2.75) is 6.92 Å². The summed E-state index contributed by atoms with van der Waals surface area (Å²) in [6.45, 7) is 1.92. The fraction of sp³-hybridized carbons (Fsp3) is 0.100. The Morgan fingerprint density at radius 1 is 1.43 bits per heavy atom. The molecule has 0 aliphatic heterocycles. The molecule has 14 heavy (non-hydrogen) atoms. The number of H-pyrrole nitrogens is 1. The van der Waals surface area contributed by atoms with E-state index in [4.69, 9.17) is 11.6 Å². The van der Waals surface area contributed by atoms with Crippen LogP contribution >= 0.6 is 22.9 Å². The van der Waals surface area contributed by atoms with Gasteiger partial charge in [0.05, 0.1) is 5.69 Å². The standard InChI is InChI=1S/C10H8ClNOS/c1-6-9(12-10(13)14-6)7-3-2-4-8(11)5-7/h2-5H,1H3,(H,12,13). The lowest BCUT2D eigenvalue weighted by Gasteiger charge is -1.99. The Hall–Kier alpha value is -1.06. The van der Waals surface area contributed by atoms with Crippen LogP contribution in [0.2, 0.25) is 5.02 Å². The molecule has 0 amide bonds. The topological polar surface area (TPSA) is 32.9 Å². The first kappa shape index (κ1) is 9.49. The number of aromatic nitrogens is 1. The number of hydrogen-bond donors (Lipinski definition) is 1. The minimum atomic E-state index is -0.0301. The summed E-state index contributed by atoms with van der Waals surface area (Å²) in [5, 5.41) is 0.675. The van der Waals surface area contributed by atoms with Crippen LogP contribution in [0.15, 0.2) is 29.1 Å². The summed E-state index contributed by atoms with van der Waals surface area (Å²) in [4.78, 5) is 14.8. The monoisotopic (exact) mass is 225 g/mol. The SMILES string of the molecule is Cc1sc(=O)[nH]c1-c1cccc(Cl)c1. The van der Waals surface area contributed by atoms with Gasteiger partial charge in [0, 0.05) is 15.5 Å². The number of aryl methyl sites for hydroxylation is 1. The van der Waals surface area contributed by atoms with E-state index in [0.717, 1.165) is 16.1 Å². The molecule has 0 unspecified atom stereocenters. The summed E-state index contributed by atoms with van der Waals surface area (Å²) in [6, 6.07) is 7.45. The van der Waals surface area contributed by atoms with Crippen LogP contribution in [0.1, 0.15) is 4.88 Å². The highest BCUT2D eigenvalue weighted by Crippen LogP contribution is 2.24. The van der Waals surface area contributed by atoms with Gasteiger partial charge in [-0.1, -0.05) is 35.1 Å². The molecule has 0 bridgehead atoms. The summed E-state index contributed by atoms with van der Waals surface area (Å²) in [6.07, 6.45) is 0. The zero-order valence-corrected chi connectivity index (χ0v) is 9.08.